The molecule has 3 aromatic rings. The lowest BCUT2D eigenvalue weighted by Crippen LogP contribution is -2.56. The lowest BCUT2D eigenvalue weighted by Gasteiger charge is -2.44. The maximum absolute atomic E-state index is 12.9. The van der Waals surface area contributed by atoms with E-state index in [4.69, 9.17) is 4.98 Å². The minimum absolute atomic E-state index is 0.127. The van der Waals surface area contributed by atoms with E-state index in [0.717, 1.165) is 48.1 Å². The molecule has 5 rings (SSSR count). The van der Waals surface area contributed by atoms with Crippen molar-refractivity contribution in [3.63, 3.8) is 0 Å². The zero-order valence-corrected chi connectivity index (χ0v) is 18.5. The van der Waals surface area contributed by atoms with Crippen LogP contribution in [-0.2, 0) is 11.2 Å². The molecule has 1 fully saturated rings. The maximum Gasteiger partial charge on any atom is 0.165 e. The number of anilines is 1. The third-order valence-corrected chi connectivity index (χ3v) is 6.61. The molecule has 1 aliphatic carbocycles. The molecule has 0 bridgehead atoms. The second kappa shape index (κ2) is 7.93. The molecule has 0 unspecified atom stereocenters. The maximum atomic E-state index is 12.9. The van der Waals surface area contributed by atoms with Crippen molar-refractivity contribution in [1.82, 2.24) is 19.3 Å². The van der Waals surface area contributed by atoms with Gasteiger partial charge in [0.15, 0.2) is 5.78 Å². The van der Waals surface area contributed by atoms with Crippen molar-refractivity contribution >= 4 is 28.9 Å². The number of hydrogen-bond donors (Lipinski definition) is 0. The number of pyridine rings is 2. The fourth-order valence-electron chi connectivity index (χ4n) is 5.06. The molecule has 4 heterocycles. The molecule has 31 heavy (non-hydrogen) atoms. The van der Waals surface area contributed by atoms with E-state index in [2.05, 4.69) is 47.7 Å². The van der Waals surface area contributed by atoms with Gasteiger partial charge in [-0.2, -0.15) is 0 Å². The summed E-state index contributed by atoms with van der Waals surface area (Å²) in [6.07, 6.45) is 6.98. The first kappa shape index (κ1) is 19.9. The fourth-order valence-corrected chi connectivity index (χ4v) is 5.06. The van der Waals surface area contributed by atoms with E-state index in [1.165, 1.54) is 0 Å². The van der Waals surface area contributed by atoms with Crippen LogP contribution in [0.4, 0.5) is 5.82 Å². The first-order valence-corrected chi connectivity index (χ1v) is 11.2. The molecule has 6 heteroatoms. The summed E-state index contributed by atoms with van der Waals surface area (Å²) in [5.74, 6) is 1.15. The summed E-state index contributed by atoms with van der Waals surface area (Å²) in [6.45, 7) is 9.84. The van der Waals surface area contributed by atoms with Gasteiger partial charge in [0.05, 0.1) is 11.4 Å². The van der Waals surface area contributed by atoms with Crippen LogP contribution >= 0.6 is 0 Å². The van der Waals surface area contributed by atoms with Crippen molar-refractivity contribution < 1.29 is 4.79 Å². The summed E-state index contributed by atoms with van der Waals surface area (Å²) < 4.78 is 1.95. The van der Waals surface area contributed by atoms with Gasteiger partial charge in [-0.3, -0.25) is 9.69 Å². The molecule has 0 aromatic carbocycles. The number of nitrogens with zero attached hydrogens (tertiary/aromatic N) is 5. The lowest BCUT2D eigenvalue weighted by molar-refractivity contribution is -0.113. The number of piperazine rings is 1. The fraction of sp³-hybridized carbons (Fsp3) is 0.400. The van der Waals surface area contributed by atoms with Gasteiger partial charge >= 0.3 is 0 Å². The summed E-state index contributed by atoms with van der Waals surface area (Å²) in [5.41, 5.74) is 4.28. The molecule has 0 spiro atoms. The quantitative estimate of drug-likeness (QED) is 0.653. The molecule has 6 nitrogen and oxygen atoms in total. The number of aromatic nitrogens is 3. The standard InChI is InChI=1S/C25H29N5O/c1-4-30-17(2)14-29(15-18(30)3)25-11-8-19-13-20(23(31)10-9-21(19)26-25)22-16-28-12-6-5-7-24(28)27-22/h5-8,11-13,16-18H,4,9-10,14-15H2,1-3H3/t17-,18+. The van der Waals surface area contributed by atoms with E-state index in [1.54, 1.807) is 0 Å². The number of carbonyl (C=O) groups excluding carboxylic acids is 1. The summed E-state index contributed by atoms with van der Waals surface area (Å²) in [5, 5.41) is 0. The number of rotatable bonds is 3. The summed E-state index contributed by atoms with van der Waals surface area (Å²) in [6, 6.07) is 11.1. The Kier molecular flexibility index (Phi) is 5.10. The van der Waals surface area contributed by atoms with Gasteiger partial charge in [0.2, 0.25) is 0 Å². The first-order valence-electron chi connectivity index (χ1n) is 11.2. The van der Waals surface area contributed by atoms with Crippen molar-refractivity contribution in [2.45, 2.75) is 45.7 Å². The topological polar surface area (TPSA) is 53.7 Å². The van der Waals surface area contributed by atoms with Crippen molar-refractivity contribution in [3.8, 4) is 0 Å². The van der Waals surface area contributed by atoms with Crippen molar-refractivity contribution in [2.24, 2.45) is 0 Å². The Morgan fingerprint density at radius 1 is 1.03 bits per heavy atom. The number of hydrogen-bond acceptors (Lipinski definition) is 5. The average Bonchev–Trinajstić information content (AvgIpc) is 3.12. The van der Waals surface area contributed by atoms with Gasteiger partial charge in [0.25, 0.3) is 0 Å². The molecule has 2 atom stereocenters. The number of ketones is 1. The Hall–Kier alpha value is -2.99. The molecule has 1 aliphatic heterocycles. The van der Waals surface area contributed by atoms with E-state index in [1.807, 2.05) is 41.1 Å². The minimum Gasteiger partial charge on any atom is -0.353 e. The number of imidazole rings is 1. The molecule has 0 radical (unpaired) electrons. The lowest BCUT2D eigenvalue weighted by atomic mass is 10.1. The first-order chi connectivity index (χ1) is 15.0. The van der Waals surface area contributed by atoms with E-state index >= 15 is 0 Å². The van der Waals surface area contributed by atoms with Crippen LogP contribution in [0.15, 0.2) is 42.7 Å². The van der Waals surface area contributed by atoms with Gasteiger partial charge in [-0.05, 0) is 62.7 Å². The van der Waals surface area contributed by atoms with Gasteiger partial charge in [-0.15, -0.1) is 0 Å². The summed E-state index contributed by atoms with van der Waals surface area (Å²) >= 11 is 0. The van der Waals surface area contributed by atoms with Crippen molar-refractivity contribution in [2.75, 3.05) is 24.5 Å². The number of Topliss-reactive ketones (excluding diaryl/α,β-unsaturated/α-hetero) is 1. The van der Waals surface area contributed by atoms with Crippen molar-refractivity contribution in [1.29, 1.82) is 0 Å². The number of allylic oxidation sites excluding steroid dienone is 1. The Balaban J connectivity index is 1.47. The van der Waals surface area contributed by atoms with Crippen LogP contribution in [0.5, 0.6) is 0 Å². The van der Waals surface area contributed by atoms with Gasteiger partial charge in [-0.25, -0.2) is 9.97 Å². The number of aryl methyl sites for hydroxylation is 1. The van der Waals surface area contributed by atoms with Crippen LogP contribution in [0.25, 0.3) is 17.3 Å². The van der Waals surface area contributed by atoms with E-state index < -0.39 is 0 Å². The Morgan fingerprint density at radius 2 is 1.84 bits per heavy atom. The van der Waals surface area contributed by atoms with Gasteiger partial charge < -0.3 is 9.30 Å². The molecular weight excluding hydrogens is 386 g/mol. The highest BCUT2D eigenvalue weighted by Crippen LogP contribution is 2.29. The number of fused-ring (bicyclic) bond motifs is 2. The average molecular weight is 416 g/mol. The van der Waals surface area contributed by atoms with Crippen LogP contribution < -0.4 is 4.90 Å². The van der Waals surface area contributed by atoms with Gasteiger partial charge in [-0.1, -0.05) is 13.0 Å². The number of likely N-dealkylation sites (N-methyl/N-ethyl adjacent to an activating group) is 1. The Bertz CT molecular complexity index is 1120. The monoisotopic (exact) mass is 415 g/mol. The predicted octanol–water partition coefficient (Wildman–Crippen LogP) is 3.70. The zero-order valence-electron chi connectivity index (χ0n) is 18.5. The van der Waals surface area contributed by atoms with E-state index in [9.17, 15) is 4.79 Å². The normalized spacial score (nSPS) is 22.4. The second-order valence-corrected chi connectivity index (χ2v) is 8.71. The molecule has 2 aliphatic rings. The molecule has 160 valence electrons. The van der Waals surface area contributed by atoms with Crippen LogP contribution in [0.2, 0.25) is 0 Å². The van der Waals surface area contributed by atoms with Crippen LogP contribution in [0.3, 0.4) is 0 Å². The van der Waals surface area contributed by atoms with E-state index in [0.29, 0.717) is 30.5 Å². The SMILES string of the molecule is CCN1[C@H](C)CN(c2ccc3c(n2)CCC(=O)C(c2cn4ccccc4n2)=C3)C[C@@H]1C. The highest BCUT2D eigenvalue weighted by Gasteiger charge is 2.29. The summed E-state index contributed by atoms with van der Waals surface area (Å²) in [7, 11) is 0. The second-order valence-electron chi connectivity index (χ2n) is 8.71. The molecule has 1 saturated heterocycles. The zero-order chi connectivity index (χ0) is 21.5. The summed E-state index contributed by atoms with van der Waals surface area (Å²) in [4.78, 5) is 27.5. The highest BCUT2D eigenvalue weighted by molar-refractivity contribution is 6.25. The van der Waals surface area contributed by atoms with Crippen molar-refractivity contribution in [3.05, 3.63) is 59.7 Å². The van der Waals surface area contributed by atoms with Gasteiger partial charge in [0.1, 0.15) is 11.5 Å². The van der Waals surface area contributed by atoms with Gasteiger partial charge in [0, 0.05) is 49.6 Å². The molecule has 0 saturated carbocycles. The van der Waals surface area contributed by atoms with Crippen LogP contribution in [0, 0.1) is 0 Å². The predicted molar refractivity (Wildman–Crippen MR) is 124 cm³/mol. The molecular formula is C25H29N5O. The molecule has 3 aromatic heterocycles. The van der Waals surface area contributed by atoms with E-state index in [-0.39, 0.29) is 5.78 Å². The number of carbonyl (C=O) groups is 1. The third-order valence-electron chi connectivity index (χ3n) is 6.61. The smallest absolute Gasteiger partial charge is 0.165 e. The van der Waals surface area contributed by atoms with Crippen LogP contribution in [-0.4, -0.2) is 56.8 Å². The third kappa shape index (κ3) is 3.65. The Labute approximate surface area is 183 Å². The largest absolute Gasteiger partial charge is 0.353 e. The highest BCUT2D eigenvalue weighted by atomic mass is 16.1. The van der Waals surface area contributed by atoms with Crippen LogP contribution in [0.1, 0.15) is 44.1 Å². The molecule has 0 amide bonds. The Morgan fingerprint density at radius 3 is 2.58 bits per heavy atom. The minimum atomic E-state index is 0.127. The molecule has 0 N–H and O–H groups in total.